The highest BCUT2D eigenvalue weighted by atomic mass is 16.7. The van der Waals surface area contributed by atoms with Gasteiger partial charge in [-0.1, -0.05) is 12.5 Å². The molecule has 1 amide bonds. The second-order valence-corrected chi connectivity index (χ2v) is 3.35. The van der Waals surface area contributed by atoms with E-state index in [-0.39, 0.29) is 5.91 Å². The maximum Gasteiger partial charge on any atom is 0.273 e. The number of rotatable bonds is 2. The summed E-state index contributed by atoms with van der Waals surface area (Å²) in [4.78, 5) is 16.9. The van der Waals surface area contributed by atoms with Gasteiger partial charge in [-0.05, 0) is 26.7 Å². The van der Waals surface area contributed by atoms with Crippen molar-refractivity contribution in [1.29, 1.82) is 0 Å². The van der Waals surface area contributed by atoms with Crippen LogP contribution in [-0.2, 0) is 9.63 Å². The molecule has 0 saturated carbocycles. The number of hydrogen-bond donors (Lipinski definition) is 0. The Hall–Kier alpha value is -0.830. The first-order valence-corrected chi connectivity index (χ1v) is 4.78. The van der Waals surface area contributed by atoms with E-state index >= 15 is 0 Å². The summed E-state index contributed by atoms with van der Waals surface area (Å²) in [7, 11) is 0. The zero-order chi connectivity index (χ0) is 9.84. The van der Waals surface area contributed by atoms with Crippen molar-refractivity contribution < 1.29 is 9.63 Å². The predicted octanol–water partition coefficient (Wildman–Crippen LogP) is 1.90. The molecule has 3 heteroatoms. The van der Waals surface area contributed by atoms with E-state index in [1.54, 1.807) is 0 Å². The van der Waals surface area contributed by atoms with E-state index in [1.807, 2.05) is 13.8 Å². The van der Waals surface area contributed by atoms with Crippen LogP contribution in [0.4, 0.5) is 0 Å². The molecule has 1 rings (SSSR count). The van der Waals surface area contributed by atoms with Crippen molar-refractivity contribution in [3.8, 4) is 0 Å². The Labute approximate surface area is 79.3 Å². The van der Waals surface area contributed by atoms with Gasteiger partial charge in [-0.25, -0.2) is 5.06 Å². The van der Waals surface area contributed by atoms with Crippen LogP contribution in [0.2, 0.25) is 0 Å². The normalized spacial score (nSPS) is 18.8. The Morgan fingerprint density at radius 1 is 1.46 bits per heavy atom. The van der Waals surface area contributed by atoms with Crippen molar-refractivity contribution in [2.24, 2.45) is 0 Å². The van der Waals surface area contributed by atoms with Gasteiger partial charge in [-0.3, -0.25) is 9.63 Å². The molecule has 0 atom stereocenters. The summed E-state index contributed by atoms with van der Waals surface area (Å²) in [5.41, 5.74) is 1.96. The van der Waals surface area contributed by atoms with Crippen molar-refractivity contribution >= 4 is 5.91 Å². The molecule has 1 saturated heterocycles. The molecule has 0 aromatic heterocycles. The summed E-state index contributed by atoms with van der Waals surface area (Å²) in [5.74, 6) is 0.0249. The Kier molecular flexibility index (Phi) is 3.48. The molecule has 0 N–H and O–H groups in total. The Morgan fingerprint density at radius 2 is 2.15 bits per heavy atom. The molecule has 1 aliphatic heterocycles. The molecule has 1 aliphatic rings. The van der Waals surface area contributed by atoms with E-state index in [2.05, 4.69) is 6.92 Å². The largest absolute Gasteiger partial charge is 0.273 e. The van der Waals surface area contributed by atoms with Gasteiger partial charge in [0.1, 0.15) is 0 Å². The topological polar surface area (TPSA) is 29.5 Å². The van der Waals surface area contributed by atoms with Crippen LogP contribution in [0.1, 0.15) is 33.6 Å². The third-order valence-electron chi connectivity index (χ3n) is 2.47. The van der Waals surface area contributed by atoms with Gasteiger partial charge >= 0.3 is 0 Å². The number of hydrogen-bond acceptors (Lipinski definition) is 2. The SMILES string of the molecule is CC/C(C)=C(\C)C(=O)N1CCCO1. The number of carbonyl (C=O) groups is 1. The van der Waals surface area contributed by atoms with Crippen LogP contribution in [0, 0.1) is 0 Å². The van der Waals surface area contributed by atoms with E-state index in [0.717, 1.165) is 30.5 Å². The van der Waals surface area contributed by atoms with Gasteiger partial charge in [0, 0.05) is 5.57 Å². The third-order valence-corrected chi connectivity index (χ3v) is 2.47. The number of amides is 1. The second kappa shape index (κ2) is 4.42. The Morgan fingerprint density at radius 3 is 2.62 bits per heavy atom. The molecule has 3 nitrogen and oxygen atoms in total. The summed E-state index contributed by atoms with van der Waals surface area (Å²) in [6.07, 6.45) is 1.87. The lowest BCUT2D eigenvalue weighted by Crippen LogP contribution is -2.27. The Bertz CT molecular complexity index is 227. The van der Waals surface area contributed by atoms with Crippen molar-refractivity contribution in [3.63, 3.8) is 0 Å². The first-order chi connectivity index (χ1) is 6.16. The lowest BCUT2D eigenvalue weighted by molar-refractivity contribution is -0.164. The standard InChI is InChI=1S/C10H17NO2/c1-4-8(2)9(3)10(12)11-6-5-7-13-11/h4-7H2,1-3H3/b9-8+. The molecule has 13 heavy (non-hydrogen) atoms. The van der Waals surface area contributed by atoms with Crippen LogP contribution in [0.5, 0.6) is 0 Å². The first-order valence-electron chi connectivity index (χ1n) is 4.78. The van der Waals surface area contributed by atoms with Gasteiger partial charge in [0.05, 0.1) is 13.2 Å². The monoisotopic (exact) mass is 183 g/mol. The molecule has 0 aliphatic carbocycles. The molecule has 0 aromatic rings. The number of nitrogens with zero attached hydrogens (tertiary/aromatic N) is 1. The zero-order valence-corrected chi connectivity index (χ0v) is 8.59. The molecule has 0 spiro atoms. The van der Waals surface area contributed by atoms with Gasteiger partial charge in [-0.2, -0.15) is 0 Å². The van der Waals surface area contributed by atoms with Gasteiger partial charge in [0.15, 0.2) is 0 Å². The first kappa shape index (κ1) is 10.3. The minimum atomic E-state index is 0.0249. The van der Waals surface area contributed by atoms with Gasteiger partial charge < -0.3 is 0 Å². The molecule has 0 unspecified atom stereocenters. The van der Waals surface area contributed by atoms with Crippen LogP contribution in [0.15, 0.2) is 11.1 Å². The number of allylic oxidation sites excluding steroid dienone is 1. The highest BCUT2D eigenvalue weighted by Crippen LogP contribution is 2.14. The second-order valence-electron chi connectivity index (χ2n) is 3.35. The fraction of sp³-hybridized carbons (Fsp3) is 0.700. The Balaban J connectivity index is 2.66. The molecular formula is C10H17NO2. The summed E-state index contributed by atoms with van der Waals surface area (Å²) >= 11 is 0. The summed E-state index contributed by atoms with van der Waals surface area (Å²) < 4.78 is 0. The average Bonchev–Trinajstić information content (AvgIpc) is 2.67. The minimum Gasteiger partial charge on any atom is -0.271 e. The van der Waals surface area contributed by atoms with Crippen molar-refractivity contribution in [2.45, 2.75) is 33.6 Å². The zero-order valence-electron chi connectivity index (χ0n) is 8.59. The van der Waals surface area contributed by atoms with Gasteiger partial charge in [-0.15, -0.1) is 0 Å². The van der Waals surface area contributed by atoms with Gasteiger partial charge in [0.25, 0.3) is 5.91 Å². The fourth-order valence-electron chi connectivity index (χ4n) is 1.24. The highest BCUT2D eigenvalue weighted by molar-refractivity contribution is 5.92. The van der Waals surface area contributed by atoms with Gasteiger partial charge in [0.2, 0.25) is 0 Å². The smallest absolute Gasteiger partial charge is 0.271 e. The van der Waals surface area contributed by atoms with Crippen LogP contribution in [0.3, 0.4) is 0 Å². The van der Waals surface area contributed by atoms with Crippen molar-refractivity contribution in [3.05, 3.63) is 11.1 Å². The highest BCUT2D eigenvalue weighted by Gasteiger charge is 2.21. The lowest BCUT2D eigenvalue weighted by Gasteiger charge is -2.15. The fourth-order valence-corrected chi connectivity index (χ4v) is 1.24. The van der Waals surface area contributed by atoms with Crippen LogP contribution < -0.4 is 0 Å². The maximum absolute atomic E-state index is 11.7. The molecule has 74 valence electrons. The van der Waals surface area contributed by atoms with Crippen LogP contribution >= 0.6 is 0 Å². The minimum absolute atomic E-state index is 0.0249. The molecular weight excluding hydrogens is 166 g/mol. The molecule has 0 bridgehead atoms. The van der Waals surface area contributed by atoms with E-state index in [1.165, 1.54) is 5.06 Å². The van der Waals surface area contributed by atoms with Crippen molar-refractivity contribution in [1.82, 2.24) is 5.06 Å². The summed E-state index contributed by atoms with van der Waals surface area (Å²) in [5, 5.41) is 1.47. The maximum atomic E-state index is 11.7. The van der Waals surface area contributed by atoms with E-state index < -0.39 is 0 Å². The molecule has 1 fully saturated rings. The predicted molar refractivity (Wildman–Crippen MR) is 50.9 cm³/mol. The summed E-state index contributed by atoms with van der Waals surface area (Å²) in [6, 6.07) is 0. The van der Waals surface area contributed by atoms with E-state index in [9.17, 15) is 4.79 Å². The van der Waals surface area contributed by atoms with Crippen molar-refractivity contribution in [2.75, 3.05) is 13.2 Å². The van der Waals surface area contributed by atoms with Crippen LogP contribution in [-0.4, -0.2) is 24.1 Å². The average molecular weight is 183 g/mol. The molecule has 0 radical (unpaired) electrons. The quantitative estimate of drug-likeness (QED) is 0.612. The van der Waals surface area contributed by atoms with E-state index in [0.29, 0.717) is 6.61 Å². The molecule has 0 aromatic carbocycles. The molecule has 1 heterocycles. The van der Waals surface area contributed by atoms with Crippen LogP contribution in [0.25, 0.3) is 0 Å². The summed E-state index contributed by atoms with van der Waals surface area (Å²) in [6.45, 7) is 7.31. The van der Waals surface area contributed by atoms with E-state index in [4.69, 9.17) is 4.84 Å². The number of hydroxylamine groups is 2. The third kappa shape index (κ3) is 2.31. The number of carbonyl (C=O) groups excluding carboxylic acids is 1. The lowest BCUT2D eigenvalue weighted by atomic mass is 10.1.